The van der Waals surface area contributed by atoms with E-state index in [4.69, 9.17) is 0 Å². The predicted molar refractivity (Wildman–Crippen MR) is 62.7 cm³/mol. The van der Waals surface area contributed by atoms with Crippen molar-refractivity contribution in [1.82, 2.24) is 14.7 Å². The van der Waals surface area contributed by atoms with Crippen LogP contribution in [0.15, 0.2) is 18.3 Å². The van der Waals surface area contributed by atoms with Gasteiger partial charge in [-0.05, 0) is 18.6 Å². The Morgan fingerprint density at radius 2 is 2.31 bits per heavy atom. The molecule has 16 heavy (non-hydrogen) atoms. The Labute approximate surface area is 94.3 Å². The lowest BCUT2D eigenvalue weighted by Gasteiger charge is -2.01. The summed E-state index contributed by atoms with van der Waals surface area (Å²) in [7, 11) is 1.62. The normalized spacial score (nSPS) is 10.7. The van der Waals surface area contributed by atoms with Gasteiger partial charge in [-0.15, -0.1) is 0 Å². The van der Waals surface area contributed by atoms with Gasteiger partial charge in [-0.25, -0.2) is 4.98 Å². The van der Waals surface area contributed by atoms with Crippen LogP contribution < -0.4 is 5.32 Å². The van der Waals surface area contributed by atoms with E-state index in [2.05, 4.69) is 10.3 Å². The Hall–Kier alpha value is -1.84. The van der Waals surface area contributed by atoms with Gasteiger partial charge < -0.3 is 9.72 Å². The number of aromatic nitrogens is 2. The van der Waals surface area contributed by atoms with E-state index < -0.39 is 0 Å². The van der Waals surface area contributed by atoms with Crippen LogP contribution in [0, 0.1) is 6.92 Å². The molecular weight excluding hydrogens is 202 g/mol. The minimum absolute atomic E-state index is 0.133. The zero-order valence-corrected chi connectivity index (χ0v) is 9.74. The van der Waals surface area contributed by atoms with Crippen LogP contribution in [0.5, 0.6) is 0 Å². The van der Waals surface area contributed by atoms with Crippen molar-refractivity contribution in [1.29, 1.82) is 0 Å². The van der Waals surface area contributed by atoms with Crippen molar-refractivity contribution in [3.63, 3.8) is 0 Å². The van der Waals surface area contributed by atoms with Crippen molar-refractivity contribution >= 4 is 11.4 Å². The van der Waals surface area contributed by atoms with E-state index in [0.29, 0.717) is 5.69 Å². The smallest absolute Gasteiger partial charge is 0.271 e. The largest absolute Gasteiger partial charge is 0.354 e. The molecule has 0 saturated heterocycles. The highest BCUT2D eigenvalue weighted by atomic mass is 16.1. The molecule has 2 aromatic heterocycles. The number of rotatable bonds is 2. The summed E-state index contributed by atoms with van der Waals surface area (Å²) in [4.78, 5) is 16.1. The average Bonchev–Trinajstić information content (AvgIpc) is 2.68. The second-order valence-corrected chi connectivity index (χ2v) is 3.72. The molecular formula is C12H15N3O. The quantitative estimate of drug-likeness (QED) is 0.829. The lowest BCUT2D eigenvalue weighted by Crippen LogP contribution is -2.18. The number of amides is 1. The monoisotopic (exact) mass is 217 g/mol. The molecule has 0 unspecified atom stereocenters. The minimum atomic E-state index is -0.133. The fraction of sp³-hybridized carbons (Fsp3) is 0.333. The lowest BCUT2D eigenvalue weighted by atomic mass is 10.2. The van der Waals surface area contributed by atoms with E-state index in [1.165, 1.54) is 0 Å². The van der Waals surface area contributed by atoms with Crippen LogP contribution >= 0.6 is 0 Å². The van der Waals surface area contributed by atoms with Gasteiger partial charge in [0.05, 0.1) is 5.52 Å². The van der Waals surface area contributed by atoms with Gasteiger partial charge in [0, 0.05) is 19.7 Å². The van der Waals surface area contributed by atoms with Crippen LogP contribution in [0.3, 0.4) is 0 Å². The molecule has 0 aliphatic rings. The zero-order chi connectivity index (χ0) is 11.7. The first kappa shape index (κ1) is 10.7. The van der Waals surface area contributed by atoms with E-state index in [1.807, 2.05) is 36.6 Å². The fourth-order valence-corrected chi connectivity index (χ4v) is 1.89. The molecule has 2 rings (SSSR count). The number of nitrogens with zero attached hydrogens (tertiary/aromatic N) is 2. The highest BCUT2D eigenvalue weighted by Crippen LogP contribution is 2.17. The summed E-state index contributed by atoms with van der Waals surface area (Å²) in [6.45, 7) is 4.02. The summed E-state index contributed by atoms with van der Waals surface area (Å²) in [5.74, 6) is 0.781. The maximum absolute atomic E-state index is 11.7. The second-order valence-electron chi connectivity index (χ2n) is 3.72. The number of nitrogens with one attached hydrogen (secondary N) is 1. The van der Waals surface area contributed by atoms with E-state index in [9.17, 15) is 4.79 Å². The summed E-state index contributed by atoms with van der Waals surface area (Å²) in [5.41, 5.74) is 2.48. The van der Waals surface area contributed by atoms with Crippen LogP contribution in [0.1, 0.15) is 28.8 Å². The van der Waals surface area contributed by atoms with E-state index in [0.717, 1.165) is 23.3 Å². The van der Waals surface area contributed by atoms with Crippen molar-refractivity contribution < 1.29 is 4.79 Å². The molecule has 0 aliphatic carbocycles. The standard InChI is InChI=1S/C12H15N3O/c1-4-9-14-10(12(16)13-3)11-8(2)6-5-7-15(9)11/h5-7H,4H2,1-3H3,(H,13,16). The third kappa shape index (κ3) is 1.46. The van der Waals surface area contributed by atoms with Crippen molar-refractivity contribution in [3.8, 4) is 0 Å². The van der Waals surface area contributed by atoms with Gasteiger partial charge in [0.2, 0.25) is 0 Å². The van der Waals surface area contributed by atoms with Gasteiger partial charge in [0.15, 0.2) is 5.69 Å². The number of fused-ring (bicyclic) bond motifs is 1. The van der Waals surface area contributed by atoms with Gasteiger partial charge in [0.1, 0.15) is 5.82 Å². The first-order valence-electron chi connectivity index (χ1n) is 5.37. The van der Waals surface area contributed by atoms with E-state index in [-0.39, 0.29) is 5.91 Å². The number of carbonyl (C=O) groups excluding carboxylic acids is 1. The van der Waals surface area contributed by atoms with Gasteiger partial charge in [-0.2, -0.15) is 0 Å². The summed E-state index contributed by atoms with van der Waals surface area (Å²) in [6.07, 6.45) is 2.75. The Kier molecular flexibility index (Phi) is 2.64. The molecule has 1 N–H and O–H groups in total. The third-order valence-electron chi connectivity index (χ3n) is 2.70. The third-order valence-corrected chi connectivity index (χ3v) is 2.70. The number of pyridine rings is 1. The van der Waals surface area contributed by atoms with Crippen molar-refractivity contribution in [2.45, 2.75) is 20.3 Å². The molecule has 0 aromatic carbocycles. The van der Waals surface area contributed by atoms with Crippen LogP contribution in [-0.4, -0.2) is 22.3 Å². The fourth-order valence-electron chi connectivity index (χ4n) is 1.89. The van der Waals surface area contributed by atoms with E-state index in [1.54, 1.807) is 7.05 Å². The van der Waals surface area contributed by atoms with Crippen LogP contribution in [0.2, 0.25) is 0 Å². The van der Waals surface area contributed by atoms with Gasteiger partial charge in [0.25, 0.3) is 5.91 Å². The van der Waals surface area contributed by atoms with Crippen LogP contribution in [0.25, 0.3) is 5.52 Å². The zero-order valence-electron chi connectivity index (χ0n) is 9.74. The molecule has 2 aromatic rings. The molecule has 0 atom stereocenters. The predicted octanol–water partition coefficient (Wildman–Crippen LogP) is 1.56. The SMILES string of the molecule is CCc1nc(C(=O)NC)c2c(C)cccn12. The number of hydrogen-bond acceptors (Lipinski definition) is 2. The number of hydrogen-bond donors (Lipinski definition) is 1. The van der Waals surface area contributed by atoms with Crippen molar-refractivity contribution in [2.75, 3.05) is 7.05 Å². The van der Waals surface area contributed by atoms with Gasteiger partial charge in [-0.1, -0.05) is 13.0 Å². The minimum Gasteiger partial charge on any atom is -0.354 e. The first-order valence-corrected chi connectivity index (χ1v) is 5.37. The molecule has 0 fully saturated rings. The van der Waals surface area contributed by atoms with E-state index >= 15 is 0 Å². The maximum atomic E-state index is 11.7. The highest BCUT2D eigenvalue weighted by molar-refractivity contribution is 5.99. The van der Waals surface area contributed by atoms with Crippen molar-refractivity contribution in [3.05, 3.63) is 35.4 Å². The van der Waals surface area contributed by atoms with Gasteiger partial charge in [-0.3, -0.25) is 4.79 Å². The molecule has 0 radical (unpaired) electrons. The Bertz CT molecular complexity index is 542. The molecule has 0 spiro atoms. The second kappa shape index (κ2) is 3.96. The Morgan fingerprint density at radius 1 is 1.56 bits per heavy atom. The molecule has 84 valence electrons. The topological polar surface area (TPSA) is 46.4 Å². The van der Waals surface area contributed by atoms with Crippen molar-refractivity contribution in [2.24, 2.45) is 0 Å². The molecule has 2 heterocycles. The van der Waals surface area contributed by atoms with Crippen LogP contribution in [-0.2, 0) is 6.42 Å². The molecule has 0 saturated carbocycles. The maximum Gasteiger partial charge on any atom is 0.271 e. The summed E-state index contributed by atoms with van der Waals surface area (Å²) >= 11 is 0. The molecule has 0 bridgehead atoms. The molecule has 1 amide bonds. The molecule has 4 nitrogen and oxygen atoms in total. The molecule has 0 aliphatic heterocycles. The Morgan fingerprint density at radius 3 is 2.94 bits per heavy atom. The highest BCUT2D eigenvalue weighted by Gasteiger charge is 2.16. The number of carbonyl (C=O) groups is 1. The summed E-state index contributed by atoms with van der Waals surface area (Å²) < 4.78 is 1.99. The first-order chi connectivity index (χ1) is 7.69. The molecule has 4 heteroatoms. The average molecular weight is 217 g/mol. The van der Waals surface area contributed by atoms with Crippen LogP contribution in [0.4, 0.5) is 0 Å². The summed E-state index contributed by atoms with van der Waals surface area (Å²) in [5, 5.41) is 2.62. The number of aryl methyl sites for hydroxylation is 2. The Balaban J connectivity index is 2.79. The summed E-state index contributed by atoms with van der Waals surface area (Å²) in [6, 6.07) is 3.96. The van der Waals surface area contributed by atoms with Gasteiger partial charge >= 0.3 is 0 Å². The lowest BCUT2D eigenvalue weighted by molar-refractivity contribution is 0.0960. The number of imidazole rings is 1.